The summed E-state index contributed by atoms with van der Waals surface area (Å²) < 4.78 is 5.42. The van der Waals surface area contributed by atoms with Crippen LogP contribution in [0.15, 0.2) is 10.7 Å². The third-order valence-electron chi connectivity index (χ3n) is 3.04. The van der Waals surface area contributed by atoms with E-state index in [-0.39, 0.29) is 0 Å². The Bertz CT molecular complexity index is 313. The molecule has 1 aliphatic heterocycles. The lowest BCUT2D eigenvalue weighted by molar-refractivity contribution is 0.384. The molecule has 1 aromatic rings. The van der Waals surface area contributed by atoms with Gasteiger partial charge in [0, 0.05) is 13.1 Å². The van der Waals surface area contributed by atoms with Crippen molar-refractivity contribution in [2.75, 3.05) is 18.0 Å². The van der Waals surface area contributed by atoms with Crippen LogP contribution in [-0.4, -0.2) is 18.1 Å². The van der Waals surface area contributed by atoms with Crippen LogP contribution >= 0.6 is 11.6 Å². The van der Waals surface area contributed by atoms with Crippen LogP contribution in [-0.2, 0) is 5.88 Å². The van der Waals surface area contributed by atoms with E-state index in [2.05, 4.69) is 16.8 Å². The summed E-state index contributed by atoms with van der Waals surface area (Å²) in [5, 5.41) is 0. The molecule has 1 saturated heterocycles. The van der Waals surface area contributed by atoms with Crippen molar-refractivity contribution in [2.45, 2.75) is 32.1 Å². The number of rotatable bonds is 3. The van der Waals surface area contributed by atoms with Crippen molar-refractivity contribution >= 4 is 17.6 Å². The van der Waals surface area contributed by atoms with Gasteiger partial charge in [0.15, 0.2) is 0 Å². The molecule has 0 saturated carbocycles. The lowest BCUT2D eigenvalue weighted by atomic mass is 9.96. The summed E-state index contributed by atoms with van der Waals surface area (Å²) >= 11 is 5.69. The second-order valence-corrected chi connectivity index (χ2v) is 4.38. The van der Waals surface area contributed by atoms with E-state index >= 15 is 0 Å². The maximum absolute atomic E-state index is 5.69. The van der Waals surface area contributed by atoms with Crippen LogP contribution in [0.4, 0.5) is 6.01 Å². The zero-order valence-electron chi connectivity index (χ0n) is 9.08. The fourth-order valence-electron chi connectivity index (χ4n) is 2.07. The van der Waals surface area contributed by atoms with Gasteiger partial charge in [-0.2, -0.15) is 4.98 Å². The zero-order chi connectivity index (χ0) is 10.7. The van der Waals surface area contributed by atoms with Crippen molar-refractivity contribution in [3.63, 3.8) is 0 Å². The first kappa shape index (κ1) is 10.8. The Morgan fingerprint density at radius 1 is 1.67 bits per heavy atom. The van der Waals surface area contributed by atoms with Gasteiger partial charge in [-0.15, -0.1) is 11.6 Å². The predicted molar refractivity (Wildman–Crippen MR) is 61.3 cm³/mol. The first-order valence-corrected chi connectivity index (χ1v) is 6.12. The molecule has 1 fully saturated rings. The monoisotopic (exact) mass is 228 g/mol. The Balaban J connectivity index is 2.03. The topological polar surface area (TPSA) is 29.3 Å². The lowest BCUT2D eigenvalue weighted by Crippen LogP contribution is -2.35. The normalized spacial score (nSPS) is 22.0. The molecule has 0 N–H and O–H groups in total. The fourth-order valence-corrected chi connectivity index (χ4v) is 2.20. The standard InChI is InChI=1S/C11H17ClN2O/c1-2-9-4-3-5-14(7-9)11-13-10(6-12)8-15-11/h8-9H,2-7H2,1H3. The number of nitrogens with zero attached hydrogens (tertiary/aromatic N) is 2. The summed E-state index contributed by atoms with van der Waals surface area (Å²) in [6, 6.07) is 0.740. The third kappa shape index (κ3) is 2.46. The van der Waals surface area contributed by atoms with Crippen LogP contribution < -0.4 is 4.90 Å². The molecule has 84 valence electrons. The highest BCUT2D eigenvalue weighted by Gasteiger charge is 2.21. The van der Waals surface area contributed by atoms with Gasteiger partial charge in [-0.3, -0.25) is 0 Å². The van der Waals surface area contributed by atoms with Crippen LogP contribution in [0.25, 0.3) is 0 Å². The van der Waals surface area contributed by atoms with Crippen LogP contribution in [0.1, 0.15) is 31.9 Å². The van der Waals surface area contributed by atoms with E-state index in [0.717, 1.165) is 30.7 Å². The van der Waals surface area contributed by atoms with Gasteiger partial charge in [0.25, 0.3) is 6.01 Å². The summed E-state index contributed by atoms with van der Waals surface area (Å²) in [5.74, 6) is 1.21. The fraction of sp³-hybridized carbons (Fsp3) is 0.727. The van der Waals surface area contributed by atoms with Crippen molar-refractivity contribution in [1.29, 1.82) is 0 Å². The molecule has 0 aliphatic carbocycles. The highest BCUT2D eigenvalue weighted by Crippen LogP contribution is 2.24. The van der Waals surface area contributed by atoms with Crippen molar-refractivity contribution in [3.05, 3.63) is 12.0 Å². The van der Waals surface area contributed by atoms with Gasteiger partial charge in [0.05, 0.1) is 11.6 Å². The highest BCUT2D eigenvalue weighted by atomic mass is 35.5. The minimum Gasteiger partial charge on any atom is -0.432 e. The first-order chi connectivity index (χ1) is 7.33. The number of piperidine rings is 1. The largest absolute Gasteiger partial charge is 0.432 e. The maximum Gasteiger partial charge on any atom is 0.297 e. The number of alkyl halides is 1. The van der Waals surface area contributed by atoms with Crippen molar-refractivity contribution in [1.82, 2.24) is 4.98 Å². The SMILES string of the molecule is CCC1CCCN(c2nc(CCl)co2)C1. The van der Waals surface area contributed by atoms with Crippen molar-refractivity contribution in [3.8, 4) is 0 Å². The molecule has 3 nitrogen and oxygen atoms in total. The lowest BCUT2D eigenvalue weighted by Gasteiger charge is -2.30. The second-order valence-electron chi connectivity index (χ2n) is 4.12. The molecule has 2 rings (SSSR count). The molecule has 0 bridgehead atoms. The molecule has 15 heavy (non-hydrogen) atoms. The average Bonchev–Trinajstić information content (AvgIpc) is 2.78. The number of oxazole rings is 1. The van der Waals surface area contributed by atoms with E-state index in [1.807, 2.05) is 0 Å². The van der Waals surface area contributed by atoms with Gasteiger partial charge in [-0.05, 0) is 18.8 Å². The van der Waals surface area contributed by atoms with E-state index < -0.39 is 0 Å². The average molecular weight is 229 g/mol. The molecule has 4 heteroatoms. The Morgan fingerprint density at radius 2 is 2.53 bits per heavy atom. The minimum atomic E-state index is 0.425. The molecule has 1 atom stereocenters. The van der Waals surface area contributed by atoms with Gasteiger partial charge in [0.2, 0.25) is 0 Å². The van der Waals surface area contributed by atoms with E-state index in [9.17, 15) is 0 Å². The number of halogens is 1. The second kappa shape index (κ2) is 4.88. The molecule has 2 heterocycles. The molecule has 1 aromatic heterocycles. The van der Waals surface area contributed by atoms with Crippen molar-refractivity contribution < 1.29 is 4.42 Å². The summed E-state index contributed by atoms with van der Waals surface area (Å²) in [6.45, 7) is 4.37. The van der Waals surface area contributed by atoms with E-state index in [1.165, 1.54) is 19.3 Å². The molecular weight excluding hydrogens is 212 g/mol. The molecule has 1 unspecified atom stereocenters. The van der Waals surface area contributed by atoms with Gasteiger partial charge in [0.1, 0.15) is 6.26 Å². The Kier molecular flexibility index (Phi) is 3.52. The number of anilines is 1. The third-order valence-corrected chi connectivity index (χ3v) is 3.32. The Labute approximate surface area is 95.4 Å². The molecule has 1 aliphatic rings. The zero-order valence-corrected chi connectivity index (χ0v) is 9.83. The van der Waals surface area contributed by atoms with Crippen molar-refractivity contribution in [2.24, 2.45) is 5.92 Å². The molecule has 0 spiro atoms. The van der Waals surface area contributed by atoms with E-state index in [4.69, 9.17) is 16.0 Å². The van der Waals surface area contributed by atoms with Crippen LogP contribution in [0, 0.1) is 5.92 Å². The summed E-state index contributed by atoms with van der Waals surface area (Å²) in [6.07, 6.45) is 5.45. The van der Waals surface area contributed by atoms with E-state index in [1.54, 1.807) is 6.26 Å². The summed E-state index contributed by atoms with van der Waals surface area (Å²) in [7, 11) is 0. The first-order valence-electron chi connectivity index (χ1n) is 5.58. The van der Waals surface area contributed by atoms with Crippen LogP contribution in [0.2, 0.25) is 0 Å². The van der Waals surface area contributed by atoms with Gasteiger partial charge < -0.3 is 9.32 Å². The minimum absolute atomic E-state index is 0.425. The number of hydrogen-bond donors (Lipinski definition) is 0. The smallest absolute Gasteiger partial charge is 0.297 e. The summed E-state index contributed by atoms with van der Waals surface area (Å²) in [4.78, 5) is 6.58. The van der Waals surface area contributed by atoms with Gasteiger partial charge in [-0.25, -0.2) is 0 Å². The number of aromatic nitrogens is 1. The number of hydrogen-bond acceptors (Lipinski definition) is 3. The maximum atomic E-state index is 5.69. The van der Waals surface area contributed by atoms with Crippen LogP contribution in [0.5, 0.6) is 0 Å². The highest BCUT2D eigenvalue weighted by molar-refractivity contribution is 6.16. The van der Waals surface area contributed by atoms with Gasteiger partial charge >= 0.3 is 0 Å². The van der Waals surface area contributed by atoms with E-state index in [0.29, 0.717) is 5.88 Å². The summed E-state index contributed by atoms with van der Waals surface area (Å²) in [5.41, 5.74) is 0.824. The molecular formula is C11H17ClN2O. The predicted octanol–water partition coefficient (Wildman–Crippen LogP) is 3.04. The van der Waals surface area contributed by atoms with Crippen LogP contribution in [0.3, 0.4) is 0 Å². The Hall–Kier alpha value is -0.700. The molecule has 0 aromatic carbocycles. The molecule has 0 amide bonds. The molecule has 0 radical (unpaired) electrons. The quantitative estimate of drug-likeness (QED) is 0.745. The Morgan fingerprint density at radius 3 is 3.20 bits per heavy atom. The van der Waals surface area contributed by atoms with Gasteiger partial charge in [-0.1, -0.05) is 13.3 Å².